The summed E-state index contributed by atoms with van der Waals surface area (Å²) in [4.78, 5) is 13.4. The number of carboxylic acids is 1. The van der Waals surface area contributed by atoms with Gasteiger partial charge in [-0.1, -0.05) is 30.3 Å². The lowest BCUT2D eigenvalue weighted by atomic mass is 10.0. The van der Waals surface area contributed by atoms with Crippen LogP contribution in [0.2, 0.25) is 0 Å². The normalized spacial score (nSPS) is 14.6. The average Bonchev–Trinajstić information content (AvgIpc) is 2.67. The smallest absolute Gasteiger partial charge is 0.333 e. The molecule has 0 aromatic heterocycles. The highest BCUT2D eigenvalue weighted by Gasteiger charge is 2.17. The predicted molar refractivity (Wildman–Crippen MR) is 101 cm³/mol. The fourth-order valence-corrected chi connectivity index (χ4v) is 3.32. The highest BCUT2D eigenvalue weighted by Crippen LogP contribution is 2.26. The molecule has 1 atom stereocenters. The van der Waals surface area contributed by atoms with Gasteiger partial charge in [0.15, 0.2) is 6.10 Å². The van der Waals surface area contributed by atoms with Crippen molar-refractivity contribution in [1.82, 2.24) is 0 Å². The molecule has 0 radical (unpaired) electrons. The number of anilines is 1. The second-order valence-electron chi connectivity index (χ2n) is 6.48. The van der Waals surface area contributed by atoms with Crippen molar-refractivity contribution in [3.63, 3.8) is 0 Å². The first-order valence-electron chi connectivity index (χ1n) is 8.97. The SMILES string of the molecule is COC(Cc1ccc(OCCN2CCCc3ccccc32)cc1)C(=O)O. The lowest BCUT2D eigenvalue weighted by Gasteiger charge is -2.31. The van der Waals surface area contributed by atoms with E-state index in [4.69, 9.17) is 14.6 Å². The number of fused-ring (bicyclic) bond motifs is 1. The molecule has 0 fully saturated rings. The van der Waals surface area contributed by atoms with Crippen LogP contribution < -0.4 is 9.64 Å². The number of carbonyl (C=O) groups is 1. The van der Waals surface area contributed by atoms with Crippen LogP contribution in [0.15, 0.2) is 48.5 Å². The van der Waals surface area contributed by atoms with Crippen LogP contribution in [-0.4, -0.2) is 44.0 Å². The molecule has 2 aromatic rings. The van der Waals surface area contributed by atoms with Gasteiger partial charge in [-0.15, -0.1) is 0 Å². The molecule has 138 valence electrons. The van der Waals surface area contributed by atoms with Crippen molar-refractivity contribution in [3.05, 3.63) is 59.7 Å². The molecule has 0 spiro atoms. The number of aliphatic carboxylic acids is 1. The maximum absolute atomic E-state index is 11.0. The fraction of sp³-hybridized carbons (Fsp3) is 0.381. The van der Waals surface area contributed by atoms with E-state index in [9.17, 15) is 4.79 Å². The Morgan fingerprint density at radius 3 is 2.69 bits per heavy atom. The molecule has 5 heteroatoms. The minimum atomic E-state index is -0.949. The molecular formula is C21H25NO4. The van der Waals surface area contributed by atoms with Gasteiger partial charge in [0.2, 0.25) is 0 Å². The minimum absolute atomic E-state index is 0.344. The van der Waals surface area contributed by atoms with Crippen molar-refractivity contribution < 1.29 is 19.4 Å². The Labute approximate surface area is 154 Å². The van der Waals surface area contributed by atoms with Crippen LogP contribution in [0.25, 0.3) is 0 Å². The monoisotopic (exact) mass is 355 g/mol. The highest BCUT2D eigenvalue weighted by molar-refractivity contribution is 5.72. The van der Waals surface area contributed by atoms with Crippen LogP contribution in [0.4, 0.5) is 5.69 Å². The van der Waals surface area contributed by atoms with Gasteiger partial charge in [0, 0.05) is 25.8 Å². The molecule has 2 aromatic carbocycles. The average molecular weight is 355 g/mol. The van der Waals surface area contributed by atoms with E-state index in [1.807, 2.05) is 24.3 Å². The second-order valence-corrected chi connectivity index (χ2v) is 6.48. The summed E-state index contributed by atoms with van der Waals surface area (Å²) in [6.45, 7) is 2.53. The first-order chi connectivity index (χ1) is 12.7. The number of para-hydroxylation sites is 1. The summed E-state index contributed by atoms with van der Waals surface area (Å²) in [5.41, 5.74) is 3.64. The van der Waals surface area contributed by atoms with E-state index in [2.05, 4.69) is 29.2 Å². The Hall–Kier alpha value is -2.53. The topological polar surface area (TPSA) is 59.0 Å². The van der Waals surface area contributed by atoms with Crippen LogP contribution >= 0.6 is 0 Å². The number of benzene rings is 2. The highest BCUT2D eigenvalue weighted by atomic mass is 16.5. The number of methoxy groups -OCH3 is 1. The molecule has 0 saturated carbocycles. The maximum atomic E-state index is 11.0. The zero-order chi connectivity index (χ0) is 18.4. The van der Waals surface area contributed by atoms with E-state index < -0.39 is 12.1 Å². The Morgan fingerprint density at radius 1 is 1.19 bits per heavy atom. The molecule has 5 nitrogen and oxygen atoms in total. The Balaban J connectivity index is 1.51. The van der Waals surface area contributed by atoms with Crippen LogP contribution in [0.5, 0.6) is 5.75 Å². The minimum Gasteiger partial charge on any atom is -0.492 e. The van der Waals surface area contributed by atoms with Gasteiger partial charge >= 0.3 is 5.97 Å². The van der Waals surface area contributed by atoms with E-state index in [0.717, 1.165) is 30.8 Å². The van der Waals surface area contributed by atoms with Gasteiger partial charge in [0.1, 0.15) is 12.4 Å². The van der Waals surface area contributed by atoms with Gasteiger partial charge in [-0.2, -0.15) is 0 Å². The maximum Gasteiger partial charge on any atom is 0.333 e. The molecule has 1 unspecified atom stereocenters. The summed E-state index contributed by atoms with van der Waals surface area (Å²) in [5, 5.41) is 9.04. The lowest BCUT2D eigenvalue weighted by molar-refractivity contribution is -0.148. The van der Waals surface area contributed by atoms with Gasteiger partial charge in [-0.3, -0.25) is 0 Å². The summed E-state index contributed by atoms with van der Waals surface area (Å²) in [6, 6.07) is 16.1. The van der Waals surface area contributed by atoms with Gasteiger partial charge in [0.05, 0.1) is 6.54 Å². The summed E-state index contributed by atoms with van der Waals surface area (Å²) in [5.74, 6) is -0.155. The third-order valence-corrected chi connectivity index (χ3v) is 4.74. The van der Waals surface area contributed by atoms with Crippen LogP contribution in [-0.2, 0) is 22.4 Å². The molecule has 3 rings (SSSR count). The van der Waals surface area contributed by atoms with Gasteiger partial charge in [0.25, 0.3) is 0 Å². The number of rotatable bonds is 8. The zero-order valence-electron chi connectivity index (χ0n) is 15.1. The standard InChI is InChI=1S/C21H25NO4/c1-25-20(21(23)24)15-16-8-10-18(11-9-16)26-14-13-22-12-4-6-17-5-2-3-7-19(17)22/h2-3,5,7-11,20H,4,6,12-15H2,1H3,(H,23,24). The van der Waals surface area contributed by atoms with Crippen LogP contribution in [0, 0.1) is 0 Å². The summed E-state index contributed by atoms with van der Waals surface area (Å²) in [7, 11) is 1.41. The number of aryl methyl sites for hydroxylation is 1. The fourth-order valence-electron chi connectivity index (χ4n) is 3.32. The molecule has 0 amide bonds. The Kier molecular flexibility index (Phi) is 6.12. The van der Waals surface area contributed by atoms with E-state index in [1.165, 1.54) is 24.8 Å². The van der Waals surface area contributed by atoms with Crippen molar-refractivity contribution in [1.29, 1.82) is 0 Å². The molecule has 0 saturated heterocycles. The lowest BCUT2D eigenvalue weighted by Crippen LogP contribution is -2.33. The van der Waals surface area contributed by atoms with E-state index in [-0.39, 0.29) is 0 Å². The molecule has 1 heterocycles. The van der Waals surface area contributed by atoms with Crippen molar-refractivity contribution in [2.75, 3.05) is 31.7 Å². The molecule has 1 aliphatic rings. The van der Waals surface area contributed by atoms with Crippen LogP contribution in [0.1, 0.15) is 17.5 Å². The second kappa shape index (κ2) is 8.72. The quantitative estimate of drug-likeness (QED) is 0.788. The van der Waals surface area contributed by atoms with Gasteiger partial charge in [-0.05, 0) is 42.2 Å². The molecule has 0 bridgehead atoms. The molecule has 0 aliphatic carbocycles. The van der Waals surface area contributed by atoms with E-state index in [0.29, 0.717) is 13.0 Å². The summed E-state index contributed by atoms with van der Waals surface area (Å²) >= 11 is 0. The molecule has 26 heavy (non-hydrogen) atoms. The van der Waals surface area contributed by atoms with Crippen molar-refractivity contribution in [2.24, 2.45) is 0 Å². The number of nitrogens with zero attached hydrogens (tertiary/aromatic N) is 1. The molecule has 1 N–H and O–H groups in total. The first kappa shape index (κ1) is 18.3. The number of hydrogen-bond donors (Lipinski definition) is 1. The zero-order valence-corrected chi connectivity index (χ0v) is 15.1. The Morgan fingerprint density at radius 2 is 1.96 bits per heavy atom. The molecule has 1 aliphatic heterocycles. The van der Waals surface area contributed by atoms with Gasteiger partial charge in [-0.25, -0.2) is 4.79 Å². The summed E-state index contributed by atoms with van der Waals surface area (Å²) in [6.07, 6.45) is 1.85. The first-order valence-corrected chi connectivity index (χ1v) is 8.97. The molecular weight excluding hydrogens is 330 g/mol. The van der Waals surface area contributed by atoms with Crippen molar-refractivity contribution >= 4 is 11.7 Å². The third-order valence-electron chi connectivity index (χ3n) is 4.74. The Bertz CT molecular complexity index is 729. The number of carboxylic acid groups (broad SMARTS) is 1. The van der Waals surface area contributed by atoms with Crippen molar-refractivity contribution in [3.8, 4) is 5.75 Å². The number of ether oxygens (including phenoxy) is 2. The summed E-state index contributed by atoms with van der Waals surface area (Å²) < 4.78 is 10.8. The number of hydrogen-bond acceptors (Lipinski definition) is 4. The largest absolute Gasteiger partial charge is 0.492 e. The van der Waals surface area contributed by atoms with E-state index in [1.54, 1.807) is 0 Å². The van der Waals surface area contributed by atoms with Crippen molar-refractivity contribution in [2.45, 2.75) is 25.4 Å². The van der Waals surface area contributed by atoms with E-state index >= 15 is 0 Å². The predicted octanol–water partition coefficient (Wildman–Crippen LogP) is 3.16. The van der Waals surface area contributed by atoms with Crippen LogP contribution in [0.3, 0.4) is 0 Å². The van der Waals surface area contributed by atoms with Gasteiger partial charge < -0.3 is 19.5 Å². The third kappa shape index (κ3) is 4.55.